The molecule has 0 radical (unpaired) electrons. The summed E-state index contributed by atoms with van der Waals surface area (Å²) in [5.41, 5.74) is 0.291. The zero-order valence-corrected chi connectivity index (χ0v) is 10.7. The van der Waals surface area contributed by atoms with Crippen molar-refractivity contribution in [3.63, 3.8) is 0 Å². The Hall–Kier alpha value is -0.610. The number of aliphatic hydroxyl groups is 1. The lowest BCUT2D eigenvalue weighted by atomic mass is 10.0. The average molecular weight is 289 g/mol. The first-order valence-electron chi connectivity index (χ1n) is 5.28. The van der Waals surface area contributed by atoms with Crippen molar-refractivity contribution >= 4 is 15.9 Å². The van der Waals surface area contributed by atoms with Crippen LogP contribution < -0.4 is 4.74 Å². The minimum absolute atomic E-state index is 0.285. The third-order valence-corrected chi connectivity index (χ3v) is 3.43. The zero-order chi connectivity index (χ0) is 11.8. The van der Waals surface area contributed by atoms with Crippen LogP contribution in [0.25, 0.3) is 0 Å². The number of hydrogen-bond acceptors (Lipinski definition) is 2. The van der Waals surface area contributed by atoms with E-state index >= 15 is 0 Å². The van der Waals surface area contributed by atoms with Crippen molar-refractivity contribution in [1.82, 2.24) is 0 Å². The van der Waals surface area contributed by atoms with Crippen molar-refractivity contribution in [2.75, 3.05) is 7.11 Å². The number of halogens is 2. The zero-order valence-electron chi connectivity index (χ0n) is 9.09. The molecule has 1 N–H and O–H groups in total. The van der Waals surface area contributed by atoms with E-state index in [1.807, 2.05) is 6.07 Å². The minimum Gasteiger partial charge on any atom is -0.493 e. The second-order valence-corrected chi connectivity index (χ2v) is 5.22. The number of methoxy groups -OCH3 is 1. The van der Waals surface area contributed by atoms with Crippen molar-refractivity contribution < 1.29 is 14.2 Å². The van der Waals surface area contributed by atoms with Crippen LogP contribution in [0.3, 0.4) is 0 Å². The van der Waals surface area contributed by atoms with Gasteiger partial charge in [0.15, 0.2) is 11.6 Å². The topological polar surface area (TPSA) is 29.5 Å². The standard InChI is InChI=1S/C12H14BrFO2/c1-16-11-8(2-3-12(15)4-5-12)6-9(13)7-10(11)14/h6-7,15H,2-5H2,1H3. The SMILES string of the molecule is COc1c(F)cc(Br)cc1CCC1(O)CC1. The smallest absolute Gasteiger partial charge is 0.166 e. The molecule has 0 aliphatic heterocycles. The van der Waals surface area contributed by atoms with Gasteiger partial charge >= 0.3 is 0 Å². The van der Waals surface area contributed by atoms with Crippen LogP contribution >= 0.6 is 15.9 Å². The van der Waals surface area contributed by atoms with Crippen molar-refractivity contribution in [2.45, 2.75) is 31.3 Å². The Balaban J connectivity index is 2.17. The van der Waals surface area contributed by atoms with E-state index in [2.05, 4.69) is 15.9 Å². The number of hydrogen-bond donors (Lipinski definition) is 1. The second-order valence-electron chi connectivity index (χ2n) is 4.30. The fourth-order valence-electron chi connectivity index (χ4n) is 1.79. The Labute approximate surface area is 103 Å². The van der Waals surface area contributed by atoms with Gasteiger partial charge in [0, 0.05) is 4.47 Å². The quantitative estimate of drug-likeness (QED) is 0.923. The highest BCUT2D eigenvalue weighted by molar-refractivity contribution is 9.10. The molecule has 88 valence electrons. The van der Waals surface area contributed by atoms with Gasteiger partial charge in [-0.25, -0.2) is 4.39 Å². The molecule has 0 saturated heterocycles. The highest BCUT2D eigenvalue weighted by atomic mass is 79.9. The Morgan fingerprint density at radius 3 is 2.75 bits per heavy atom. The van der Waals surface area contributed by atoms with Crippen LogP contribution in [0.4, 0.5) is 4.39 Å². The summed E-state index contributed by atoms with van der Waals surface area (Å²) in [7, 11) is 1.46. The van der Waals surface area contributed by atoms with E-state index in [-0.39, 0.29) is 11.6 Å². The number of aryl methyl sites for hydroxylation is 1. The molecule has 1 aromatic carbocycles. The van der Waals surface area contributed by atoms with Crippen molar-refractivity contribution in [1.29, 1.82) is 0 Å². The Morgan fingerprint density at radius 1 is 1.50 bits per heavy atom. The van der Waals surface area contributed by atoms with Gasteiger partial charge in [-0.15, -0.1) is 0 Å². The molecule has 0 bridgehead atoms. The minimum atomic E-state index is -0.510. The predicted molar refractivity (Wildman–Crippen MR) is 63.2 cm³/mol. The molecule has 2 nitrogen and oxygen atoms in total. The normalized spacial score (nSPS) is 17.2. The first-order chi connectivity index (χ1) is 7.54. The molecule has 2 rings (SSSR count). The predicted octanol–water partition coefficient (Wildman–Crippen LogP) is 3.05. The van der Waals surface area contributed by atoms with Gasteiger partial charge < -0.3 is 9.84 Å². The molecular weight excluding hydrogens is 275 g/mol. The van der Waals surface area contributed by atoms with Crippen LogP contribution in [-0.2, 0) is 6.42 Å². The summed E-state index contributed by atoms with van der Waals surface area (Å²) in [6.07, 6.45) is 3.01. The van der Waals surface area contributed by atoms with Crippen molar-refractivity contribution in [2.24, 2.45) is 0 Å². The molecule has 4 heteroatoms. The number of ether oxygens (including phenoxy) is 1. The molecule has 1 aliphatic carbocycles. The maximum Gasteiger partial charge on any atom is 0.166 e. The molecule has 1 aromatic rings. The highest BCUT2D eigenvalue weighted by Gasteiger charge is 2.39. The van der Waals surface area contributed by atoms with Gasteiger partial charge in [-0.2, -0.15) is 0 Å². The van der Waals surface area contributed by atoms with Crippen LogP contribution in [0.1, 0.15) is 24.8 Å². The first-order valence-corrected chi connectivity index (χ1v) is 6.08. The van der Waals surface area contributed by atoms with Gasteiger partial charge in [-0.3, -0.25) is 0 Å². The average Bonchev–Trinajstić information content (AvgIpc) is 2.94. The maximum absolute atomic E-state index is 13.5. The van der Waals surface area contributed by atoms with E-state index < -0.39 is 5.60 Å². The van der Waals surface area contributed by atoms with E-state index in [4.69, 9.17) is 4.74 Å². The Morgan fingerprint density at radius 2 is 2.19 bits per heavy atom. The van der Waals surface area contributed by atoms with Crippen LogP contribution in [0, 0.1) is 5.82 Å². The second kappa shape index (κ2) is 4.34. The first kappa shape index (κ1) is 11.9. The van der Waals surface area contributed by atoms with Crippen molar-refractivity contribution in [3.8, 4) is 5.75 Å². The summed E-state index contributed by atoms with van der Waals surface area (Å²) in [5.74, 6) is -0.0814. The van der Waals surface area contributed by atoms with E-state index in [1.165, 1.54) is 13.2 Å². The highest BCUT2D eigenvalue weighted by Crippen LogP contribution is 2.40. The molecule has 0 unspecified atom stereocenters. The van der Waals surface area contributed by atoms with Gasteiger partial charge in [0.05, 0.1) is 12.7 Å². The van der Waals surface area contributed by atoms with Crippen LogP contribution in [0.2, 0.25) is 0 Å². The van der Waals surface area contributed by atoms with Gasteiger partial charge in [-0.1, -0.05) is 15.9 Å². The third kappa shape index (κ3) is 2.55. The van der Waals surface area contributed by atoms with Crippen LogP contribution in [-0.4, -0.2) is 17.8 Å². The Kier molecular flexibility index (Phi) is 3.22. The Bertz CT molecular complexity index is 402. The van der Waals surface area contributed by atoms with E-state index in [0.717, 1.165) is 18.4 Å². The molecular formula is C12H14BrFO2. The summed E-state index contributed by atoms with van der Waals surface area (Å²) in [5, 5.41) is 9.75. The molecule has 0 atom stereocenters. The largest absolute Gasteiger partial charge is 0.493 e. The lowest BCUT2D eigenvalue weighted by Gasteiger charge is -2.12. The lowest BCUT2D eigenvalue weighted by molar-refractivity contribution is 0.140. The van der Waals surface area contributed by atoms with Gasteiger partial charge in [0.25, 0.3) is 0 Å². The molecule has 0 amide bonds. The van der Waals surface area contributed by atoms with E-state index in [0.29, 0.717) is 17.3 Å². The van der Waals surface area contributed by atoms with Crippen LogP contribution in [0.15, 0.2) is 16.6 Å². The third-order valence-electron chi connectivity index (χ3n) is 2.98. The summed E-state index contributed by atoms with van der Waals surface area (Å²) in [6, 6.07) is 3.22. The molecule has 1 saturated carbocycles. The van der Waals surface area contributed by atoms with Gasteiger partial charge in [0.2, 0.25) is 0 Å². The summed E-state index contributed by atoms with van der Waals surface area (Å²) in [4.78, 5) is 0. The van der Waals surface area contributed by atoms with E-state index in [9.17, 15) is 9.50 Å². The van der Waals surface area contributed by atoms with Gasteiger partial charge in [-0.05, 0) is 43.4 Å². The summed E-state index contributed by atoms with van der Waals surface area (Å²) < 4.78 is 19.3. The molecule has 16 heavy (non-hydrogen) atoms. The van der Waals surface area contributed by atoms with Crippen molar-refractivity contribution in [3.05, 3.63) is 28.0 Å². The molecule has 1 aliphatic rings. The molecule has 1 fully saturated rings. The number of rotatable bonds is 4. The number of benzene rings is 1. The lowest BCUT2D eigenvalue weighted by Crippen LogP contribution is -2.08. The maximum atomic E-state index is 13.5. The molecule has 0 heterocycles. The fourth-order valence-corrected chi connectivity index (χ4v) is 2.27. The van der Waals surface area contributed by atoms with Crippen LogP contribution in [0.5, 0.6) is 5.75 Å². The van der Waals surface area contributed by atoms with E-state index in [1.54, 1.807) is 0 Å². The molecule has 0 spiro atoms. The fraction of sp³-hybridized carbons (Fsp3) is 0.500. The monoisotopic (exact) mass is 288 g/mol. The summed E-state index contributed by atoms with van der Waals surface area (Å²) in [6.45, 7) is 0. The molecule has 0 aromatic heterocycles. The summed E-state index contributed by atoms with van der Waals surface area (Å²) >= 11 is 3.25. The van der Waals surface area contributed by atoms with Gasteiger partial charge in [0.1, 0.15) is 0 Å².